The maximum absolute atomic E-state index is 11.7. The summed E-state index contributed by atoms with van der Waals surface area (Å²) in [5.74, 6) is 2.86. The van der Waals surface area contributed by atoms with E-state index in [4.69, 9.17) is 4.74 Å². The number of hydrogen-bond donors (Lipinski definition) is 1. The van der Waals surface area contributed by atoms with E-state index in [1.807, 2.05) is 18.2 Å². The Hall–Kier alpha value is -1.06. The summed E-state index contributed by atoms with van der Waals surface area (Å²) in [6, 6.07) is 8.07. The topological polar surface area (TPSA) is 32.7 Å². The molecular weight excluding hydrogens is 322 g/mol. The minimum Gasteiger partial charge on any atom is -0.497 e. The van der Waals surface area contributed by atoms with Crippen molar-refractivity contribution in [3.63, 3.8) is 0 Å². The highest BCUT2D eigenvalue weighted by Crippen LogP contribution is 2.46. The number of nitrogens with zero attached hydrogens (tertiary/aromatic N) is 1. The van der Waals surface area contributed by atoms with Gasteiger partial charge >= 0.3 is 0 Å². The van der Waals surface area contributed by atoms with Crippen LogP contribution in [0.5, 0.6) is 5.75 Å². The Labute approximate surface area is 159 Å². The van der Waals surface area contributed by atoms with Gasteiger partial charge in [-0.1, -0.05) is 50.7 Å². The summed E-state index contributed by atoms with van der Waals surface area (Å²) in [6.07, 6.45) is 11.7. The summed E-state index contributed by atoms with van der Waals surface area (Å²) in [6.45, 7) is 0.938. The fourth-order valence-corrected chi connectivity index (χ4v) is 5.31. The van der Waals surface area contributed by atoms with Gasteiger partial charge in [0.2, 0.25) is 0 Å². The minimum atomic E-state index is -0.733. The molecule has 26 heavy (non-hydrogen) atoms. The van der Waals surface area contributed by atoms with Crippen LogP contribution in [0.25, 0.3) is 0 Å². The molecule has 0 amide bonds. The molecule has 3 nitrogen and oxygen atoms in total. The third-order valence-electron chi connectivity index (χ3n) is 6.84. The second-order valence-corrected chi connectivity index (χ2v) is 8.98. The Balaban J connectivity index is 1.70. The molecule has 1 aromatic carbocycles. The molecule has 0 bridgehead atoms. The molecule has 146 valence electrons. The van der Waals surface area contributed by atoms with Crippen LogP contribution in [-0.4, -0.2) is 37.8 Å². The standard InChI is InChI=1S/C23H37NO2/c1-24(2)17-21-15-19(12-11-18-7-4-5-8-18)13-14-23(21,25)20-9-6-10-22(16-20)26-3/h6,9-10,16,18-19,21,25H,4-5,7-8,11-15,17H2,1-3H3. The van der Waals surface area contributed by atoms with Gasteiger partial charge in [0.15, 0.2) is 0 Å². The quantitative estimate of drug-likeness (QED) is 0.757. The van der Waals surface area contributed by atoms with Crippen LogP contribution in [-0.2, 0) is 5.60 Å². The summed E-state index contributed by atoms with van der Waals surface area (Å²) >= 11 is 0. The molecule has 2 saturated carbocycles. The van der Waals surface area contributed by atoms with E-state index in [2.05, 4.69) is 25.1 Å². The van der Waals surface area contributed by atoms with E-state index in [0.29, 0.717) is 0 Å². The van der Waals surface area contributed by atoms with Gasteiger partial charge in [0.05, 0.1) is 12.7 Å². The normalized spacial score (nSPS) is 30.0. The van der Waals surface area contributed by atoms with Gasteiger partial charge in [-0.3, -0.25) is 0 Å². The van der Waals surface area contributed by atoms with Crippen LogP contribution < -0.4 is 4.74 Å². The van der Waals surface area contributed by atoms with Crippen LogP contribution in [0.2, 0.25) is 0 Å². The van der Waals surface area contributed by atoms with Gasteiger partial charge < -0.3 is 14.7 Å². The Morgan fingerprint density at radius 1 is 1.12 bits per heavy atom. The number of methoxy groups -OCH3 is 1. The molecule has 1 aromatic rings. The minimum absolute atomic E-state index is 0.284. The lowest BCUT2D eigenvalue weighted by molar-refractivity contribution is -0.0767. The van der Waals surface area contributed by atoms with E-state index in [1.165, 1.54) is 38.5 Å². The Morgan fingerprint density at radius 2 is 1.85 bits per heavy atom. The Morgan fingerprint density at radius 3 is 2.54 bits per heavy atom. The second-order valence-electron chi connectivity index (χ2n) is 8.98. The van der Waals surface area contributed by atoms with Crippen molar-refractivity contribution in [3.8, 4) is 5.75 Å². The fourth-order valence-electron chi connectivity index (χ4n) is 5.31. The number of hydrogen-bond acceptors (Lipinski definition) is 3. The van der Waals surface area contributed by atoms with Gasteiger partial charge in [0.25, 0.3) is 0 Å². The highest BCUT2D eigenvalue weighted by atomic mass is 16.5. The first-order valence-corrected chi connectivity index (χ1v) is 10.5. The molecule has 1 N–H and O–H groups in total. The van der Waals surface area contributed by atoms with Gasteiger partial charge in [0.1, 0.15) is 5.75 Å². The zero-order valence-electron chi connectivity index (χ0n) is 16.9. The molecule has 0 saturated heterocycles. The van der Waals surface area contributed by atoms with Gasteiger partial charge in [-0.15, -0.1) is 0 Å². The monoisotopic (exact) mass is 359 g/mol. The molecule has 0 heterocycles. The van der Waals surface area contributed by atoms with Gasteiger partial charge in [-0.25, -0.2) is 0 Å². The Bertz CT molecular complexity index is 567. The summed E-state index contributed by atoms with van der Waals surface area (Å²) < 4.78 is 5.40. The van der Waals surface area contributed by atoms with E-state index < -0.39 is 5.60 Å². The summed E-state index contributed by atoms with van der Waals surface area (Å²) in [7, 11) is 5.93. The average Bonchev–Trinajstić information content (AvgIpc) is 3.15. The molecule has 3 atom stereocenters. The van der Waals surface area contributed by atoms with E-state index >= 15 is 0 Å². The van der Waals surface area contributed by atoms with Crippen molar-refractivity contribution >= 4 is 0 Å². The third kappa shape index (κ3) is 4.61. The molecular formula is C23H37NO2. The van der Waals surface area contributed by atoms with E-state index in [-0.39, 0.29) is 5.92 Å². The van der Waals surface area contributed by atoms with Gasteiger partial charge in [-0.2, -0.15) is 0 Å². The van der Waals surface area contributed by atoms with Gasteiger partial charge in [-0.05, 0) is 62.9 Å². The zero-order chi connectivity index (χ0) is 18.6. The van der Waals surface area contributed by atoms with E-state index in [0.717, 1.165) is 49.0 Å². The Kier molecular flexibility index (Phi) is 6.63. The van der Waals surface area contributed by atoms with Crippen LogP contribution in [0.4, 0.5) is 0 Å². The van der Waals surface area contributed by atoms with Crippen molar-refractivity contribution in [2.24, 2.45) is 17.8 Å². The predicted octanol–water partition coefficient (Wildman–Crippen LogP) is 4.83. The molecule has 0 aromatic heterocycles. The van der Waals surface area contributed by atoms with Gasteiger partial charge in [0, 0.05) is 12.5 Å². The van der Waals surface area contributed by atoms with Crippen molar-refractivity contribution in [1.29, 1.82) is 0 Å². The van der Waals surface area contributed by atoms with E-state index in [1.54, 1.807) is 7.11 Å². The number of aliphatic hydroxyl groups is 1. The molecule has 0 radical (unpaired) electrons. The largest absolute Gasteiger partial charge is 0.497 e. The molecule has 2 aliphatic carbocycles. The first-order chi connectivity index (χ1) is 12.5. The predicted molar refractivity (Wildman–Crippen MR) is 107 cm³/mol. The fraction of sp³-hybridized carbons (Fsp3) is 0.739. The molecule has 3 heteroatoms. The molecule has 2 aliphatic rings. The van der Waals surface area contributed by atoms with Crippen LogP contribution in [0.3, 0.4) is 0 Å². The van der Waals surface area contributed by atoms with Crippen LogP contribution in [0.15, 0.2) is 24.3 Å². The number of benzene rings is 1. The molecule has 3 unspecified atom stereocenters. The lowest BCUT2D eigenvalue weighted by atomic mass is 9.66. The zero-order valence-corrected chi connectivity index (χ0v) is 16.9. The van der Waals surface area contributed by atoms with Crippen molar-refractivity contribution < 1.29 is 9.84 Å². The van der Waals surface area contributed by atoms with Crippen molar-refractivity contribution in [2.45, 2.75) is 63.4 Å². The first-order valence-electron chi connectivity index (χ1n) is 10.5. The summed E-state index contributed by atoms with van der Waals surface area (Å²) in [5, 5.41) is 11.7. The second kappa shape index (κ2) is 8.75. The SMILES string of the molecule is COc1cccc(C2(O)CCC(CCC3CCCC3)CC2CN(C)C)c1. The maximum Gasteiger partial charge on any atom is 0.119 e. The lowest BCUT2D eigenvalue weighted by Gasteiger charge is -2.45. The van der Waals surface area contributed by atoms with Crippen molar-refractivity contribution in [1.82, 2.24) is 4.90 Å². The summed E-state index contributed by atoms with van der Waals surface area (Å²) in [5.41, 5.74) is 0.292. The molecule has 0 aliphatic heterocycles. The molecule has 3 rings (SSSR count). The third-order valence-corrected chi connectivity index (χ3v) is 6.84. The smallest absolute Gasteiger partial charge is 0.119 e. The van der Waals surface area contributed by atoms with Crippen LogP contribution in [0.1, 0.15) is 63.4 Å². The summed E-state index contributed by atoms with van der Waals surface area (Å²) in [4.78, 5) is 2.23. The maximum atomic E-state index is 11.7. The number of ether oxygens (including phenoxy) is 1. The van der Waals surface area contributed by atoms with Crippen LogP contribution >= 0.6 is 0 Å². The molecule has 0 spiro atoms. The highest BCUT2D eigenvalue weighted by Gasteiger charge is 2.43. The molecule has 2 fully saturated rings. The van der Waals surface area contributed by atoms with Crippen molar-refractivity contribution in [2.75, 3.05) is 27.7 Å². The average molecular weight is 360 g/mol. The number of rotatable bonds is 7. The first kappa shape index (κ1) is 19.7. The van der Waals surface area contributed by atoms with Crippen molar-refractivity contribution in [3.05, 3.63) is 29.8 Å². The lowest BCUT2D eigenvalue weighted by Crippen LogP contribution is -2.45. The van der Waals surface area contributed by atoms with Crippen LogP contribution in [0, 0.1) is 17.8 Å². The van der Waals surface area contributed by atoms with E-state index in [9.17, 15) is 5.11 Å². The highest BCUT2D eigenvalue weighted by molar-refractivity contribution is 5.33.